The van der Waals surface area contributed by atoms with E-state index >= 15 is 0 Å². The second-order valence-electron chi connectivity index (χ2n) is 30.0. The molecule has 28 heteroatoms. The number of tetrazole rings is 4. The van der Waals surface area contributed by atoms with E-state index in [0.29, 0.717) is 76.3 Å². The lowest BCUT2D eigenvalue weighted by Gasteiger charge is -2.22. The van der Waals surface area contributed by atoms with E-state index < -0.39 is 0 Å². The number of hydrogen-bond donors (Lipinski definition) is 4. The first-order valence-electron chi connectivity index (χ1n) is 40.5. The van der Waals surface area contributed by atoms with E-state index in [1.807, 2.05) is 72.8 Å². The van der Waals surface area contributed by atoms with Gasteiger partial charge in [0, 0.05) is 74.1 Å². The summed E-state index contributed by atoms with van der Waals surface area (Å²) in [6, 6.07) is 25.5. The quantitative estimate of drug-likeness (QED) is 0.0331. The first-order chi connectivity index (χ1) is 53.2. The summed E-state index contributed by atoms with van der Waals surface area (Å²) < 4.78 is 31.8. The Kier molecular flexibility index (Phi) is 28.2. The maximum Gasteiger partial charge on any atom is 0.224 e. The van der Waals surface area contributed by atoms with Crippen LogP contribution >= 0.6 is 0 Å². The molecule has 16 rings (SSSR count). The predicted molar refractivity (Wildman–Crippen MR) is 407 cm³/mol. The van der Waals surface area contributed by atoms with Crippen LogP contribution in [0.15, 0.2) is 72.8 Å². The number of benzene rings is 4. The van der Waals surface area contributed by atoms with Crippen LogP contribution < -0.4 is 40.2 Å². The smallest absolute Gasteiger partial charge is 0.224 e. The first-order valence-corrected chi connectivity index (χ1v) is 40.5. The van der Waals surface area contributed by atoms with Gasteiger partial charge in [-0.05, 0) is 265 Å². The third-order valence-electron chi connectivity index (χ3n) is 22.1. The van der Waals surface area contributed by atoms with Crippen LogP contribution in [0.4, 0.5) is 22.7 Å². The molecule has 4 aromatic carbocycles. The molecule has 0 bridgehead atoms. The third-order valence-corrected chi connectivity index (χ3v) is 22.1. The Morgan fingerprint density at radius 2 is 0.509 bits per heavy atom. The average molecular weight is 1480 g/mol. The van der Waals surface area contributed by atoms with Crippen LogP contribution in [0.3, 0.4) is 0 Å². The van der Waals surface area contributed by atoms with Gasteiger partial charge in [-0.15, -0.1) is 20.4 Å². The minimum absolute atomic E-state index is 0.0896. The fourth-order valence-electron chi connectivity index (χ4n) is 16.0. The zero-order valence-corrected chi connectivity index (χ0v) is 62.8. The average Bonchev–Trinajstić information content (AvgIpc) is 1.58. The summed E-state index contributed by atoms with van der Waals surface area (Å²) in [5.41, 5.74) is 8.25. The molecule has 8 aliphatic rings. The molecule has 4 aromatic heterocycles. The molecule has 4 amide bonds. The predicted octanol–water partition coefficient (Wildman–Crippen LogP) is 13.9. The van der Waals surface area contributed by atoms with Crippen LogP contribution in [0.5, 0.6) is 23.0 Å². The van der Waals surface area contributed by atoms with Crippen molar-refractivity contribution in [2.45, 2.75) is 281 Å². The van der Waals surface area contributed by atoms with Crippen LogP contribution in [0.2, 0.25) is 0 Å². The number of ether oxygens (including phenoxy) is 4. The van der Waals surface area contributed by atoms with Crippen LogP contribution in [0, 0.1) is 0 Å². The van der Waals surface area contributed by atoms with Crippen molar-refractivity contribution < 1.29 is 38.1 Å². The van der Waals surface area contributed by atoms with Crippen molar-refractivity contribution in [3.05, 3.63) is 118 Å². The molecule has 0 radical (unpaired) electrons. The molecule has 28 nitrogen and oxygen atoms in total. The Balaban J connectivity index is 0.000000127. The van der Waals surface area contributed by atoms with Crippen molar-refractivity contribution in [1.82, 2.24) is 80.8 Å². The molecule has 8 aromatic rings. The van der Waals surface area contributed by atoms with E-state index in [0.717, 1.165) is 194 Å². The largest absolute Gasteiger partial charge is 0.494 e. The van der Waals surface area contributed by atoms with E-state index in [1.54, 1.807) is 0 Å². The van der Waals surface area contributed by atoms with Crippen molar-refractivity contribution in [2.24, 2.45) is 0 Å². The lowest BCUT2D eigenvalue weighted by molar-refractivity contribution is -0.117. The van der Waals surface area contributed by atoms with E-state index in [1.165, 1.54) is 128 Å². The minimum Gasteiger partial charge on any atom is -0.494 e. The number of aromatic nitrogens is 16. The summed E-state index contributed by atoms with van der Waals surface area (Å²) in [7, 11) is 0. The van der Waals surface area contributed by atoms with Gasteiger partial charge in [-0.2, -0.15) is 0 Å². The van der Waals surface area contributed by atoms with Gasteiger partial charge in [0.05, 0.1) is 50.6 Å². The van der Waals surface area contributed by atoms with Gasteiger partial charge in [0.1, 0.15) is 23.0 Å². The Bertz CT molecular complexity index is 3660. The van der Waals surface area contributed by atoms with E-state index in [9.17, 15) is 19.2 Å². The lowest BCUT2D eigenvalue weighted by Crippen LogP contribution is -2.18. The molecule has 4 aliphatic heterocycles. The monoisotopic (exact) mass is 1480 g/mol. The highest BCUT2D eigenvalue weighted by Crippen LogP contribution is 2.35. The van der Waals surface area contributed by atoms with Gasteiger partial charge in [-0.3, -0.25) is 19.2 Å². The Morgan fingerprint density at radius 3 is 0.731 bits per heavy atom. The van der Waals surface area contributed by atoms with Gasteiger partial charge in [-0.1, -0.05) is 77.0 Å². The molecule has 4 saturated carbocycles. The van der Waals surface area contributed by atoms with Gasteiger partial charge in [0.2, 0.25) is 23.6 Å². The highest BCUT2D eigenvalue weighted by molar-refractivity contribution is 5.96. The highest BCUT2D eigenvalue weighted by atomic mass is 16.5. The number of unbranched alkanes of at least 4 members (excludes halogenated alkanes) is 4. The summed E-state index contributed by atoms with van der Waals surface area (Å²) in [5, 5.41) is 61.0. The van der Waals surface area contributed by atoms with Gasteiger partial charge in [0.25, 0.3) is 0 Å². The van der Waals surface area contributed by atoms with Gasteiger partial charge in [-0.25, -0.2) is 18.7 Å². The number of anilines is 4. The number of nitrogens with one attached hydrogen (secondary N) is 4. The molecule has 0 saturated heterocycles. The van der Waals surface area contributed by atoms with Crippen molar-refractivity contribution in [3.8, 4) is 23.0 Å². The summed E-state index contributed by atoms with van der Waals surface area (Å²) >= 11 is 0. The number of amides is 4. The topological polar surface area (TPSA) is 328 Å². The summed E-state index contributed by atoms with van der Waals surface area (Å²) in [6.07, 6.45) is 41.9. The molecule has 4 fully saturated rings. The van der Waals surface area contributed by atoms with E-state index in [-0.39, 0.29) is 23.6 Å². The number of aryl methyl sites for hydroxylation is 8. The van der Waals surface area contributed by atoms with Crippen LogP contribution in [0.1, 0.15) is 275 Å². The normalized spacial score (nSPS) is 17.4. The summed E-state index contributed by atoms with van der Waals surface area (Å²) in [4.78, 5) is 45.7. The molecule has 0 atom stereocenters. The second kappa shape index (κ2) is 39.9. The molecule has 4 N–H and O–H groups in total. The Morgan fingerprint density at radius 1 is 0.287 bits per heavy atom. The summed E-state index contributed by atoms with van der Waals surface area (Å²) in [6.45, 7) is 2.71. The fraction of sp³-hybridized carbons (Fsp3) is 0.600. The molecular formula is C80H108N20O8. The number of nitrogens with zero attached hydrogens (tertiary/aromatic N) is 16. The first kappa shape index (κ1) is 76.4. The number of carbonyl (C=O) groups excluding carboxylic acids is 4. The van der Waals surface area contributed by atoms with Gasteiger partial charge < -0.3 is 40.2 Å². The zero-order chi connectivity index (χ0) is 73.9. The molecule has 4 aliphatic carbocycles. The van der Waals surface area contributed by atoms with E-state index in [4.69, 9.17) is 18.9 Å². The minimum atomic E-state index is 0.0896. The molecular weight excluding hydrogens is 1370 g/mol. The molecule has 576 valence electrons. The number of fused-ring (bicyclic) bond motifs is 4. The van der Waals surface area contributed by atoms with Crippen molar-refractivity contribution in [1.29, 1.82) is 0 Å². The number of carbonyl (C=O) groups is 4. The standard InChI is InChI=1S/4C20H27N5O2/c4*26-20-12-9-15-14-17(10-11-18(15)21-20)27-13-5-4-8-19-22-23-24-25(19)16-6-2-1-3-7-16/h4*10-11,14,16H,1-9,12-13H2,(H,21,26). The number of rotatable bonds is 28. The maximum atomic E-state index is 11.4. The van der Waals surface area contributed by atoms with Gasteiger partial charge >= 0.3 is 0 Å². The number of hydrogen-bond acceptors (Lipinski definition) is 20. The Hall–Kier alpha value is -9.76. The fourth-order valence-corrected chi connectivity index (χ4v) is 16.0. The zero-order valence-electron chi connectivity index (χ0n) is 62.8. The van der Waals surface area contributed by atoms with Gasteiger partial charge in [0.15, 0.2) is 23.3 Å². The van der Waals surface area contributed by atoms with Crippen molar-refractivity contribution in [3.63, 3.8) is 0 Å². The van der Waals surface area contributed by atoms with Crippen LogP contribution in [-0.4, -0.2) is 131 Å². The SMILES string of the molecule is O=C1CCc2cc(OCCCCc3nnnn3C3CCCCC3)ccc2N1.O=C1CCc2cc(OCCCCc3nnnn3C3CCCCC3)ccc2N1.O=C1CCc2cc(OCCCCc3nnnn3C3CCCCC3)ccc2N1.O=C1CCc2cc(OCCCCc3nnnn3C3CCCCC3)ccc2N1. The molecule has 0 spiro atoms. The van der Waals surface area contributed by atoms with Crippen molar-refractivity contribution in [2.75, 3.05) is 47.7 Å². The Labute approximate surface area is 632 Å². The van der Waals surface area contributed by atoms with E-state index in [2.05, 4.69) is 102 Å². The second-order valence-corrected chi connectivity index (χ2v) is 30.0. The molecule has 8 heterocycles. The van der Waals surface area contributed by atoms with Crippen molar-refractivity contribution >= 4 is 46.4 Å². The van der Waals surface area contributed by atoms with Crippen LogP contribution in [-0.2, 0) is 70.5 Å². The maximum absolute atomic E-state index is 11.4. The third kappa shape index (κ3) is 22.2. The summed E-state index contributed by atoms with van der Waals surface area (Å²) in [5.74, 6) is 7.87. The highest BCUT2D eigenvalue weighted by Gasteiger charge is 2.26. The molecule has 0 unspecified atom stereocenters. The molecule has 108 heavy (non-hydrogen) atoms. The van der Waals surface area contributed by atoms with Crippen LogP contribution in [0.25, 0.3) is 0 Å². The lowest BCUT2D eigenvalue weighted by atomic mass is 9.95.